The van der Waals surface area contributed by atoms with Gasteiger partial charge in [-0.15, -0.1) is 0 Å². The summed E-state index contributed by atoms with van der Waals surface area (Å²) < 4.78 is 0. The highest BCUT2D eigenvalue weighted by atomic mass is 32.2. The van der Waals surface area contributed by atoms with E-state index in [1.165, 1.54) is 5.57 Å². The van der Waals surface area contributed by atoms with Gasteiger partial charge in [0, 0.05) is 5.75 Å². The molecule has 1 heteroatoms. The van der Waals surface area contributed by atoms with Crippen LogP contribution in [0.25, 0.3) is 0 Å². The molecule has 0 aromatic heterocycles. The van der Waals surface area contributed by atoms with Gasteiger partial charge in [-0.1, -0.05) is 12.2 Å². The molecule has 6 heavy (non-hydrogen) atoms. The van der Waals surface area contributed by atoms with Crippen molar-refractivity contribution in [2.45, 2.75) is 6.92 Å². The zero-order valence-corrected chi connectivity index (χ0v) is 5.14. The molecule has 36 valence electrons. The first kappa shape index (κ1) is 6.09. The Balaban J connectivity index is 2.83. The average Bonchev–Trinajstić information content (AvgIpc) is 1.35. The Hall–Kier alpha value is 0.0900. The lowest BCUT2D eigenvalue weighted by atomic mass is 10.4. The third kappa shape index (κ3) is 4.09. The standard InChI is InChI=1S/C5H10S/c1-5(2)4-6-3/h1,4H2,2-3H3. The van der Waals surface area contributed by atoms with Crippen molar-refractivity contribution in [3.8, 4) is 0 Å². The fourth-order valence-corrected chi connectivity index (χ4v) is 0.739. The summed E-state index contributed by atoms with van der Waals surface area (Å²) >= 11 is 1.81. The van der Waals surface area contributed by atoms with E-state index in [9.17, 15) is 0 Å². The number of hydrogen-bond acceptors (Lipinski definition) is 1. The van der Waals surface area contributed by atoms with E-state index < -0.39 is 0 Å². The van der Waals surface area contributed by atoms with Gasteiger partial charge in [-0.25, -0.2) is 0 Å². The van der Waals surface area contributed by atoms with Crippen molar-refractivity contribution < 1.29 is 0 Å². The van der Waals surface area contributed by atoms with Crippen LogP contribution in [0, 0.1) is 0 Å². The van der Waals surface area contributed by atoms with E-state index in [0.29, 0.717) is 0 Å². The Morgan fingerprint density at radius 1 is 1.83 bits per heavy atom. The molecule has 0 aromatic carbocycles. The lowest BCUT2D eigenvalue weighted by Gasteiger charge is -1.87. The summed E-state index contributed by atoms with van der Waals surface area (Å²) in [6, 6.07) is 0. The van der Waals surface area contributed by atoms with Crippen LogP contribution in [0.4, 0.5) is 0 Å². The molecule has 0 spiro atoms. The molecule has 0 aliphatic carbocycles. The second-order valence-corrected chi connectivity index (χ2v) is 2.26. The molecule has 0 unspecified atom stereocenters. The molecule has 0 aliphatic heterocycles. The number of rotatable bonds is 2. The van der Waals surface area contributed by atoms with Crippen molar-refractivity contribution in [1.29, 1.82) is 0 Å². The zero-order chi connectivity index (χ0) is 4.99. The molecule has 0 nitrogen and oxygen atoms in total. The third-order valence-electron chi connectivity index (χ3n) is 0.391. The predicted octanol–water partition coefficient (Wildman–Crippen LogP) is 1.93. The first-order valence-corrected chi connectivity index (χ1v) is 3.30. The molecular formula is C5H10S. The molecule has 0 radical (unpaired) electrons. The minimum atomic E-state index is 1.10. The highest BCUT2D eigenvalue weighted by Gasteiger charge is 1.76. The zero-order valence-electron chi connectivity index (χ0n) is 4.32. The van der Waals surface area contributed by atoms with Gasteiger partial charge < -0.3 is 0 Å². The van der Waals surface area contributed by atoms with E-state index in [-0.39, 0.29) is 0 Å². The van der Waals surface area contributed by atoms with E-state index >= 15 is 0 Å². The maximum absolute atomic E-state index is 3.72. The topological polar surface area (TPSA) is 0 Å². The van der Waals surface area contributed by atoms with Crippen molar-refractivity contribution in [2.75, 3.05) is 12.0 Å². The van der Waals surface area contributed by atoms with E-state index in [1.54, 1.807) is 0 Å². The summed E-state index contributed by atoms with van der Waals surface area (Å²) in [6.45, 7) is 5.76. The van der Waals surface area contributed by atoms with Crippen LogP contribution in [-0.4, -0.2) is 12.0 Å². The average molecular weight is 102 g/mol. The van der Waals surface area contributed by atoms with Crippen LogP contribution in [0.5, 0.6) is 0 Å². The molecule has 0 rings (SSSR count). The Kier molecular flexibility index (Phi) is 3.34. The Morgan fingerprint density at radius 2 is 2.33 bits per heavy atom. The lowest BCUT2D eigenvalue weighted by molar-refractivity contribution is 1.44. The van der Waals surface area contributed by atoms with Gasteiger partial charge in [0.1, 0.15) is 0 Å². The van der Waals surface area contributed by atoms with Gasteiger partial charge in [0.25, 0.3) is 0 Å². The largest absolute Gasteiger partial charge is 0.161 e. The molecule has 0 aromatic rings. The van der Waals surface area contributed by atoms with Crippen molar-refractivity contribution >= 4 is 11.8 Å². The molecule has 0 saturated heterocycles. The summed E-state index contributed by atoms with van der Waals surface area (Å²) in [5, 5.41) is 0. The minimum absolute atomic E-state index is 1.10. The van der Waals surface area contributed by atoms with Crippen molar-refractivity contribution in [2.24, 2.45) is 0 Å². The molecule has 0 bridgehead atoms. The normalized spacial score (nSPS) is 8.33. The molecule has 0 heterocycles. The smallest absolute Gasteiger partial charge is 0.0135 e. The quantitative estimate of drug-likeness (QED) is 0.480. The van der Waals surface area contributed by atoms with Crippen LogP contribution >= 0.6 is 11.8 Å². The van der Waals surface area contributed by atoms with Crippen molar-refractivity contribution in [3.63, 3.8) is 0 Å². The predicted molar refractivity (Wildman–Crippen MR) is 33.2 cm³/mol. The second kappa shape index (κ2) is 3.29. The van der Waals surface area contributed by atoms with Crippen LogP contribution in [0.2, 0.25) is 0 Å². The van der Waals surface area contributed by atoms with Gasteiger partial charge in [-0.3, -0.25) is 0 Å². The first-order valence-electron chi connectivity index (χ1n) is 1.90. The summed E-state index contributed by atoms with van der Waals surface area (Å²) in [5.41, 5.74) is 1.25. The Labute approximate surface area is 43.6 Å². The fraction of sp³-hybridized carbons (Fsp3) is 0.600. The van der Waals surface area contributed by atoms with Crippen LogP contribution in [0.1, 0.15) is 6.92 Å². The summed E-state index contributed by atoms with van der Waals surface area (Å²) in [6.07, 6.45) is 2.08. The molecular weight excluding hydrogens is 92.1 g/mol. The molecule has 0 fully saturated rings. The van der Waals surface area contributed by atoms with Crippen LogP contribution < -0.4 is 0 Å². The van der Waals surface area contributed by atoms with Crippen molar-refractivity contribution in [3.05, 3.63) is 12.2 Å². The molecule has 0 N–H and O–H groups in total. The highest BCUT2D eigenvalue weighted by molar-refractivity contribution is 7.98. The van der Waals surface area contributed by atoms with Gasteiger partial charge in [0.05, 0.1) is 0 Å². The number of thioether (sulfide) groups is 1. The minimum Gasteiger partial charge on any atom is -0.161 e. The van der Waals surface area contributed by atoms with Crippen LogP contribution in [0.15, 0.2) is 12.2 Å². The van der Waals surface area contributed by atoms with E-state index in [4.69, 9.17) is 0 Å². The maximum atomic E-state index is 3.72. The Bertz CT molecular complexity index is 47.9. The molecule has 0 atom stereocenters. The van der Waals surface area contributed by atoms with Gasteiger partial charge in [-0.2, -0.15) is 11.8 Å². The van der Waals surface area contributed by atoms with Crippen LogP contribution in [-0.2, 0) is 0 Å². The molecule has 0 saturated carbocycles. The van der Waals surface area contributed by atoms with E-state index in [0.717, 1.165) is 5.75 Å². The maximum Gasteiger partial charge on any atom is 0.0135 e. The molecule has 0 aliphatic rings. The van der Waals surface area contributed by atoms with Gasteiger partial charge in [0.2, 0.25) is 0 Å². The second-order valence-electron chi connectivity index (χ2n) is 1.39. The fourth-order valence-electron chi connectivity index (χ4n) is 0.246. The van der Waals surface area contributed by atoms with Gasteiger partial charge >= 0.3 is 0 Å². The van der Waals surface area contributed by atoms with E-state index in [1.807, 2.05) is 18.7 Å². The SMILES string of the molecule is C=C(C)CSC. The highest BCUT2D eigenvalue weighted by Crippen LogP contribution is 1.97. The van der Waals surface area contributed by atoms with Gasteiger partial charge in [0.15, 0.2) is 0 Å². The number of hydrogen-bond donors (Lipinski definition) is 0. The first-order chi connectivity index (χ1) is 2.77. The van der Waals surface area contributed by atoms with Crippen LogP contribution in [0.3, 0.4) is 0 Å². The summed E-state index contributed by atoms with van der Waals surface area (Å²) in [7, 11) is 0. The van der Waals surface area contributed by atoms with E-state index in [2.05, 4.69) is 12.8 Å². The van der Waals surface area contributed by atoms with Crippen molar-refractivity contribution in [1.82, 2.24) is 0 Å². The summed E-state index contributed by atoms with van der Waals surface area (Å²) in [4.78, 5) is 0. The Morgan fingerprint density at radius 3 is 2.33 bits per heavy atom. The van der Waals surface area contributed by atoms with Gasteiger partial charge in [-0.05, 0) is 13.2 Å². The lowest BCUT2D eigenvalue weighted by Crippen LogP contribution is -1.72. The monoisotopic (exact) mass is 102 g/mol. The summed E-state index contributed by atoms with van der Waals surface area (Å²) in [5.74, 6) is 1.10. The molecule has 0 amide bonds. The third-order valence-corrected chi connectivity index (χ3v) is 1.17.